The summed E-state index contributed by atoms with van der Waals surface area (Å²) in [4.78, 5) is 160. The fraction of sp³-hybridized carbons (Fsp3) is 0.314. The Hall–Kier alpha value is -7.78. The van der Waals surface area contributed by atoms with Crippen molar-refractivity contribution in [1.29, 1.82) is 0 Å². The number of thioether (sulfide) groups is 6. The van der Waals surface area contributed by atoms with Gasteiger partial charge in [0.1, 0.15) is 39.6 Å². The lowest BCUT2D eigenvalue weighted by Crippen LogP contribution is -2.47. The largest absolute Gasteiger partial charge is 0.465 e. The zero-order chi connectivity index (χ0) is 67.9. The number of rotatable bonds is 40. The molecule has 0 amide bonds. The SMILES string of the molecule is O=C(CCSC(=O)c1ccccc1)OCC(COCC(COC(=O)CCSC(=O)c1ccccc1)(COC(=O)CCSC(=O)c1ccccc1)COC(=O)CCSC(=O)c1ccccc1)(COC(=O)CCSC(=O)c1ccccc1)COC(=O)CCSC(=O)c1ccccc1. The molecule has 0 fully saturated rings. The van der Waals surface area contributed by atoms with E-state index >= 15 is 0 Å². The molecule has 0 aliphatic rings. The van der Waals surface area contributed by atoms with Crippen LogP contribution in [0.1, 0.15) is 101 Å². The van der Waals surface area contributed by atoms with E-state index in [1.165, 1.54) is 0 Å². The molecule has 6 aromatic carbocycles. The first-order valence-corrected chi connectivity index (χ1v) is 35.8. The van der Waals surface area contributed by atoms with Crippen molar-refractivity contribution < 1.29 is 90.7 Å². The normalized spacial score (nSPS) is 11.1. The van der Waals surface area contributed by atoms with Gasteiger partial charge in [0.15, 0.2) is 0 Å². The summed E-state index contributed by atoms with van der Waals surface area (Å²) in [7, 11) is 0. The van der Waals surface area contributed by atoms with Gasteiger partial charge in [-0.05, 0) is 0 Å². The number of carbonyl (C=O) groups is 12. The highest BCUT2D eigenvalue weighted by molar-refractivity contribution is 8.15. The summed E-state index contributed by atoms with van der Waals surface area (Å²) in [6.07, 6.45) is -1.74. The van der Waals surface area contributed by atoms with E-state index in [2.05, 4.69) is 0 Å². The predicted molar refractivity (Wildman–Crippen MR) is 369 cm³/mol. The van der Waals surface area contributed by atoms with Crippen molar-refractivity contribution >= 4 is 137 Å². The maximum absolute atomic E-state index is 13.7. The second-order valence-corrected chi connectivity index (χ2v) is 27.4. The molecule has 95 heavy (non-hydrogen) atoms. The van der Waals surface area contributed by atoms with E-state index in [9.17, 15) is 57.5 Å². The van der Waals surface area contributed by atoms with E-state index in [1.807, 2.05) is 0 Å². The Morgan fingerprint density at radius 2 is 0.368 bits per heavy atom. The van der Waals surface area contributed by atoms with Crippen molar-refractivity contribution in [3.63, 3.8) is 0 Å². The van der Waals surface area contributed by atoms with Gasteiger partial charge in [-0.15, -0.1) is 0 Å². The second kappa shape index (κ2) is 42.6. The molecule has 0 spiro atoms. The van der Waals surface area contributed by atoms with Crippen molar-refractivity contribution in [3.8, 4) is 0 Å². The van der Waals surface area contributed by atoms with Crippen molar-refractivity contribution in [3.05, 3.63) is 215 Å². The van der Waals surface area contributed by atoms with Crippen LogP contribution < -0.4 is 0 Å². The van der Waals surface area contributed by atoms with E-state index < -0.39 is 99.5 Å². The van der Waals surface area contributed by atoms with Gasteiger partial charge in [0.05, 0.1) is 62.6 Å². The monoisotopic (exact) mass is 1410 g/mol. The van der Waals surface area contributed by atoms with Crippen LogP contribution in [-0.2, 0) is 61.9 Å². The van der Waals surface area contributed by atoms with E-state index in [4.69, 9.17) is 33.2 Å². The van der Waals surface area contributed by atoms with Gasteiger partial charge in [-0.1, -0.05) is 253 Å². The average Bonchev–Trinajstić information content (AvgIpc) is 0.974. The molecule has 0 atom stereocenters. The maximum Gasteiger partial charge on any atom is 0.306 e. The van der Waals surface area contributed by atoms with Crippen LogP contribution >= 0.6 is 70.6 Å². The molecule has 500 valence electrons. The molecule has 0 saturated carbocycles. The van der Waals surface area contributed by atoms with Crippen molar-refractivity contribution in [1.82, 2.24) is 0 Å². The third kappa shape index (κ3) is 29.4. The topological polar surface area (TPSA) is 269 Å². The third-order valence-electron chi connectivity index (χ3n) is 13.3. The van der Waals surface area contributed by atoms with Crippen LogP contribution in [-0.4, -0.2) is 154 Å². The van der Waals surface area contributed by atoms with Crippen LogP contribution in [0.3, 0.4) is 0 Å². The van der Waals surface area contributed by atoms with Gasteiger partial charge in [0, 0.05) is 67.9 Å². The van der Waals surface area contributed by atoms with Gasteiger partial charge < -0.3 is 33.2 Å². The molecule has 0 bridgehead atoms. The van der Waals surface area contributed by atoms with Gasteiger partial charge in [0.25, 0.3) is 0 Å². The maximum atomic E-state index is 13.7. The average molecular weight is 1410 g/mol. The lowest BCUT2D eigenvalue weighted by molar-refractivity contribution is -0.174. The summed E-state index contributed by atoms with van der Waals surface area (Å²) < 4.78 is 41.5. The van der Waals surface area contributed by atoms with Gasteiger partial charge in [-0.2, -0.15) is 0 Å². The van der Waals surface area contributed by atoms with E-state index in [0.29, 0.717) is 33.4 Å². The minimum atomic E-state index is -1.81. The fourth-order valence-electron chi connectivity index (χ4n) is 8.13. The lowest BCUT2D eigenvalue weighted by atomic mass is 9.90. The highest BCUT2D eigenvalue weighted by Gasteiger charge is 2.41. The predicted octanol–water partition coefficient (Wildman–Crippen LogP) is 12.0. The zero-order valence-electron chi connectivity index (χ0n) is 51.7. The van der Waals surface area contributed by atoms with Crippen LogP contribution in [0.15, 0.2) is 182 Å². The minimum Gasteiger partial charge on any atom is -0.465 e. The molecule has 0 N–H and O–H groups in total. The van der Waals surface area contributed by atoms with E-state index in [0.717, 1.165) is 70.6 Å². The Labute approximate surface area is 576 Å². The first-order valence-electron chi connectivity index (χ1n) is 29.9. The molecule has 0 heterocycles. The van der Waals surface area contributed by atoms with E-state index in [-0.39, 0.29) is 104 Å². The summed E-state index contributed by atoms with van der Waals surface area (Å²) in [6, 6.07) is 50.4. The third-order valence-corrected chi connectivity index (χ3v) is 18.8. The molecular weight excluding hydrogens is 1340 g/mol. The molecule has 25 heteroatoms. The first kappa shape index (κ1) is 76.2. The standard InChI is InChI=1S/C70H70O19S6/c71-57(31-37-90-63(77)51-19-7-1-8-20-51)84-45-69(46-85-58(72)32-38-91-64(78)52-21-9-2-10-22-52,47-86-59(73)33-39-92-65(79)53-23-11-3-12-24-53)43-83-44-70(48-87-60(74)34-40-93-66(80)54-25-13-4-14-26-54,49-88-61(75)35-41-94-67(81)55-27-15-5-16-28-55)50-89-62(76)36-42-95-68(82)56-29-17-6-18-30-56/h1-30H,31-50H2. The number of ether oxygens (including phenoxy) is 7. The lowest BCUT2D eigenvalue weighted by Gasteiger charge is -2.35. The highest BCUT2D eigenvalue weighted by atomic mass is 32.2. The summed E-state index contributed by atoms with van der Waals surface area (Å²) in [5, 5.41) is -1.81. The Balaban J connectivity index is 1.28. The van der Waals surface area contributed by atoms with Gasteiger partial charge >= 0.3 is 35.8 Å². The van der Waals surface area contributed by atoms with Crippen LogP contribution in [0.5, 0.6) is 0 Å². The number of hydrogen-bond donors (Lipinski definition) is 0. The van der Waals surface area contributed by atoms with E-state index in [1.54, 1.807) is 182 Å². The highest BCUT2D eigenvalue weighted by Crippen LogP contribution is 2.29. The summed E-state index contributed by atoms with van der Waals surface area (Å²) in [5.41, 5.74) is -1.17. The molecule has 0 aromatic heterocycles. The minimum absolute atomic E-state index is 0.0104. The molecule has 0 aliphatic heterocycles. The van der Waals surface area contributed by atoms with Gasteiger partial charge in [-0.3, -0.25) is 57.5 Å². The second-order valence-electron chi connectivity index (χ2n) is 21.0. The Bertz CT molecular complexity index is 2890. The molecule has 0 aliphatic carbocycles. The van der Waals surface area contributed by atoms with Gasteiger partial charge in [0.2, 0.25) is 30.7 Å². The Kier molecular flexibility index (Phi) is 34.2. The first-order chi connectivity index (χ1) is 46.0. The molecule has 6 aromatic rings. The molecular formula is C70H70O19S6. The van der Waals surface area contributed by atoms with Crippen LogP contribution in [0.2, 0.25) is 0 Å². The Morgan fingerprint density at radius 1 is 0.221 bits per heavy atom. The molecule has 6 rings (SSSR count). The molecule has 0 radical (unpaired) electrons. The van der Waals surface area contributed by atoms with Crippen molar-refractivity contribution in [2.45, 2.75) is 38.5 Å². The summed E-state index contributed by atoms with van der Waals surface area (Å²) in [5.74, 6) is -4.96. The fourth-order valence-corrected chi connectivity index (χ4v) is 12.7. The van der Waals surface area contributed by atoms with Crippen molar-refractivity contribution in [2.24, 2.45) is 10.8 Å². The molecule has 0 unspecified atom stereocenters. The van der Waals surface area contributed by atoms with Gasteiger partial charge in [-0.25, -0.2) is 0 Å². The Morgan fingerprint density at radius 3 is 0.516 bits per heavy atom. The van der Waals surface area contributed by atoms with Crippen LogP contribution in [0.4, 0.5) is 0 Å². The van der Waals surface area contributed by atoms with Crippen LogP contribution in [0.25, 0.3) is 0 Å². The molecule has 0 saturated heterocycles. The smallest absolute Gasteiger partial charge is 0.306 e. The number of benzene rings is 6. The van der Waals surface area contributed by atoms with Crippen molar-refractivity contribution in [2.75, 3.05) is 87.4 Å². The number of hydrogen-bond acceptors (Lipinski definition) is 25. The zero-order valence-corrected chi connectivity index (χ0v) is 56.6. The number of carbonyl (C=O) groups excluding carboxylic acids is 12. The quantitative estimate of drug-likeness (QED) is 0.0255. The molecule has 19 nitrogen and oxygen atoms in total. The number of esters is 6. The summed E-state index contributed by atoms with van der Waals surface area (Å²) in [6.45, 7) is -5.28. The van der Waals surface area contributed by atoms with Crippen LogP contribution in [0, 0.1) is 10.8 Å². The summed E-state index contributed by atoms with van der Waals surface area (Å²) >= 11 is 5.25.